The summed E-state index contributed by atoms with van der Waals surface area (Å²) in [6.07, 6.45) is -1.35. The Kier molecular flexibility index (Phi) is 6.13. The molecule has 1 unspecified atom stereocenters. The standard InChI is InChI=1S/C11H20F3NO/c12-11(13,14)5-2-7-16-8-4-10-3-1-6-15-9-10/h10,15H,1-9H2. The van der Waals surface area contributed by atoms with Gasteiger partial charge in [-0.2, -0.15) is 13.2 Å². The minimum atomic E-state index is -4.04. The van der Waals surface area contributed by atoms with E-state index in [9.17, 15) is 13.2 Å². The van der Waals surface area contributed by atoms with Crippen molar-refractivity contribution in [1.29, 1.82) is 0 Å². The molecule has 16 heavy (non-hydrogen) atoms. The molecule has 1 heterocycles. The van der Waals surface area contributed by atoms with Crippen LogP contribution in [-0.2, 0) is 4.74 Å². The molecule has 0 radical (unpaired) electrons. The molecule has 0 aromatic heterocycles. The Morgan fingerprint density at radius 2 is 2.06 bits per heavy atom. The van der Waals surface area contributed by atoms with Gasteiger partial charge >= 0.3 is 6.18 Å². The smallest absolute Gasteiger partial charge is 0.381 e. The predicted molar refractivity (Wildman–Crippen MR) is 56.3 cm³/mol. The van der Waals surface area contributed by atoms with Gasteiger partial charge in [0.15, 0.2) is 0 Å². The minimum absolute atomic E-state index is 0.0758. The van der Waals surface area contributed by atoms with Crippen LogP contribution in [0.4, 0.5) is 13.2 Å². The van der Waals surface area contributed by atoms with Crippen molar-refractivity contribution >= 4 is 0 Å². The van der Waals surface area contributed by atoms with Crippen molar-refractivity contribution in [3.63, 3.8) is 0 Å². The van der Waals surface area contributed by atoms with Gasteiger partial charge in [0.25, 0.3) is 0 Å². The molecule has 1 N–H and O–H groups in total. The lowest BCUT2D eigenvalue weighted by atomic mass is 9.97. The van der Waals surface area contributed by atoms with Crippen LogP contribution in [0.5, 0.6) is 0 Å². The van der Waals surface area contributed by atoms with Crippen LogP contribution in [0.15, 0.2) is 0 Å². The zero-order valence-electron chi connectivity index (χ0n) is 9.48. The number of nitrogens with one attached hydrogen (secondary N) is 1. The molecule has 5 heteroatoms. The van der Waals surface area contributed by atoms with Crippen LogP contribution in [0.25, 0.3) is 0 Å². The van der Waals surface area contributed by atoms with Crippen molar-refractivity contribution in [2.45, 2.75) is 38.3 Å². The van der Waals surface area contributed by atoms with Crippen LogP contribution in [-0.4, -0.2) is 32.5 Å². The Labute approximate surface area is 94.5 Å². The molecule has 1 rings (SSSR count). The van der Waals surface area contributed by atoms with Crippen molar-refractivity contribution < 1.29 is 17.9 Å². The monoisotopic (exact) mass is 239 g/mol. The van der Waals surface area contributed by atoms with Crippen LogP contribution in [0, 0.1) is 5.92 Å². The molecule has 1 fully saturated rings. The number of hydrogen-bond acceptors (Lipinski definition) is 2. The van der Waals surface area contributed by atoms with E-state index in [1.54, 1.807) is 0 Å². The first-order chi connectivity index (χ1) is 7.58. The van der Waals surface area contributed by atoms with E-state index in [4.69, 9.17) is 4.74 Å². The van der Waals surface area contributed by atoms with Gasteiger partial charge in [0, 0.05) is 19.6 Å². The fourth-order valence-corrected chi connectivity index (χ4v) is 1.90. The van der Waals surface area contributed by atoms with Gasteiger partial charge in [-0.05, 0) is 44.7 Å². The SMILES string of the molecule is FC(F)(F)CCCOCCC1CCCNC1. The third kappa shape index (κ3) is 7.06. The third-order valence-corrected chi connectivity index (χ3v) is 2.82. The van der Waals surface area contributed by atoms with Crippen LogP contribution in [0.1, 0.15) is 32.1 Å². The average Bonchev–Trinajstić information content (AvgIpc) is 2.23. The Morgan fingerprint density at radius 1 is 1.25 bits per heavy atom. The van der Waals surface area contributed by atoms with Gasteiger partial charge in [-0.25, -0.2) is 0 Å². The lowest BCUT2D eigenvalue weighted by Crippen LogP contribution is -2.30. The van der Waals surface area contributed by atoms with E-state index in [2.05, 4.69) is 5.32 Å². The molecule has 0 spiro atoms. The van der Waals surface area contributed by atoms with Gasteiger partial charge in [0.1, 0.15) is 0 Å². The normalized spacial score (nSPS) is 22.3. The molecule has 0 amide bonds. The van der Waals surface area contributed by atoms with Crippen molar-refractivity contribution in [3.05, 3.63) is 0 Å². The molecule has 1 aliphatic rings. The van der Waals surface area contributed by atoms with Crippen LogP contribution in [0.2, 0.25) is 0 Å². The highest BCUT2D eigenvalue weighted by Gasteiger charge is 2.25. The molecule has 0 bridgehead atoms. The molecule has 96 valence electrons. The summed E-state index contributed by atoms with van der Waals surface area (Å²) in [5.74, 6) is 0.636. The first-order valence-electron chi connectivity index (χ1n) is 5.93. The highest BCUT2D eigenvalue weighted by Crippen LogP contribution is 2.21. The van der Waals surface area contributed by atoms with E-state index in [1.807, 2.05) is 0 Å². The summed E-state index contributed by atoms with van der Waals surface area (Å²) in [6, 6.07) is 0. The zero-order valence-corrected chi connectivity index (χ0v) is 9.48. The predicted octanol–water partition coefficient (Wildman–Crippen LogP) is 2.74. The number of piperidine rings is 1. The van der Waals surface area contributed by atoms with Crippen molar-refractivity contribution in [3.8, 4) is 0 Å². The number of hydrogen-bond donors (Lipinski definition) is 1. The number of rotatable bonds is 6. The molecular formula is C11H20F3NO. The maximum atomic E-state index is 11.8. The van der Waals surface area contributed by atoms with Crippen LogP contribution >= 0.6 is 0 Å². The number of halogens is 3. The van der Waals surface area contributed by atoms with E-state index in [1.165, 1.54) is 12.8 Å². The second kappa shape index (κ2) is 7.12. The topological polar surface area (TPSA) is 21.3 Å². The van der Waals surface area contributed by atoms with Crippen molar-refractivity contribution in [2.75, 3.05) is 26.3 Å². The highest BCUT2D eigenvalue weighted by molar-refractivity contribution is 4.68. The fourth-order valence-electron chi connectivity index (χ4n) is 1.90. The molecule has 0 saturated carbocycles. The van der Waals surface area contributed by atoms with Gasteiger partial charge in [0.2, 0.25) is 0 Å². The Balaban J connectivity index is 1.87. The van der Waals surface area contributed by atoms with E-state index in [-0.39, 0.29) is 13.0 Å². The van der Waals surface area contributed by atoms with Crippen molar-refractivity contribution in [1.82, 2.24) is 5.32 Å². The highest BCUT2D eigenvalue weighted by atomic mass is 19.4. The average molecular weight is 239 g/mol. The molecule has 2 nitrogen and oxygen atoms in total. The maximum absolute atomic E-state index is 11.8. The fraction of sp³-hybridized carbons (Fsp3) is 1.00. The molecule has 0 aromatic carbocycles. The lowest BCUT2D eigenvalue weighted by Gasteiger charge is -2.22. The summed E-state index contributed by atoms with van der Waals surface area (Å²) < 4.78 is 40.6. The van der Waals surface area contributed by atoms with Gasteiger partial charge in [0.05, 0.1) is 0 Å². The number of alkyl halides is 3. The van der Waals surface area contributed by atoms with Gasteiger partial charge in [-0.15, -0.1) is 0 Å². The largest absolute Gasteiger partial charge is 0.389 e. The second-order valence-electron chi connectivity index (χ2n) is 4.33. The Morgan fingerprint density at radius 3 is 2.69 bits per heavy atom. The Hall–Kier alpha value is -0.290. The van der Waals surface area contributed by atoms with E-state index in [0.29, 0.717) is 12.5 Å². The molecule has 0 aromatic rings. The summed E-state index contributed by atoms with van der Waals surface area (Å²) >= 11 is 0. The first-order valence-corrected chi connectivity index (χ1v) is 5.93. The lowest BCUT2D eigenvalue weighted by molar-refractivity contribution is -0.137. The van der Waals surface area contributed by atoms with E-state index < -0.39 is 12.6 Å². The molecule has 0 aliphatic carbocycles. The van der Waals surface area contributed by atoms with Crippen LogP contribution < -0.4 is 5.32 Å². The summed E-state index contributed by atoms with van der Waals surface area (Å²) in [5.41, 5.74) is 0. The number of ether oxygens (including phenoxy) is 1. The van der Waals surface area contributed by atoms with Crippen LogP contribution in [0.3, 0.4) is 0 Å². The summed E-state index contributed by atoms with van der Waals surface area (Å²) in [7, 11) is 0. The van der Waals surface area contributed by atoms with Gasteiger partial charge in [-0.3, -0.25) is 0 Å². The molecule has 1 atom stereocenters. The summed E-state index contributed by atoms with van der Waals surface area (Å²) in [5, 5.41) is 3.30. The third-order valence-electron chi connectivity index (χ3n) is 2.82. The Bertz CT molecular complexity index is 179. The quantitative estimate of drug-likeness (QED) is 0.720. The first kappa shape index (κ1) is 13.8. The second-order valence-corrected chi connectivity index (χ2v) is 4.33. The van der Waals surface area contributed by atoms with Crippen molar-refractivity contribution in [2.24, 2.45) is 5.92 Å². The molecule has 1 saturated heterocycles. The maximum Gasteiger partial charge on any atom is 0.389 e. The minimum Gasteiger partial charge on any atom is -0.381 e. The molecule has 1 aliphatic heterocycles. The summed E-state index contributed by atoms with van der Waals surface area (Å²) in [4.78, 5) is 0. The van der Waals surface area contributed by atoms with Gasteiger partial charge < -0.3 is 10.1 Å². The zero-order chi connectivity index (χ0) is 11.9. The van der Waals surface area contributed by atoms with E-state index in [0.717, 1.165) is 19.5 Å². The van der Waals surface area contributed by atoms with Gasteiger partial charge in [-0.1, -0.05) is 0 Å². The molecular weight excluding hydrogens is 219 g/mol. The van der Waals surface area contributed by atoms with E-state index >= 15 is 0 Å². The summed E-state index contributed by atoms with van der Waals surface area (Å²) in [6.45, 7) is 2.92.